The van der Waals surface area contributed by atoms with E-state index >= 15 is 0 Å². The maximum atomic E-state index is 12.8. The first-order chi connectivity index (χ1) is 11.0. The molecule has 0 N–H and O–H groups in total. The normalized spacial score (nSPS) is 10.2. The van der Waals surface area contributed by atoms with E-state index in [2.05, 4.69) is 0 Å². The van der Waals surface area contributed by atoms with E-state index in [1.54, 1.807) is 19.2 Å². The van der Waals surface area contributed by atoms with Gasteiger partial charge >= 0.3 is 0 Å². The molecular formula is C16H15FN2O4. The number of hydrogen-bond acceptors (Lipinski definition) is 4. The van der Waals surface area contributed by atoms with E-state index in [1.165, 1.54) is 41.3 Å². The van der Waals surface area contributed by atoms with Crippen LogP contribution in [0.3, 0.4) is 0 Å². The summed E-state index contributed by atoms with van der Waals surface area (Å²) in [5.74, 6) is -0.212. The predicted octanol–water partition coefficient (Wildman–Crippen LogP) is 2.77. The third kappa shape index (κ3) is 4.77. The molecular weight excluding hydrogens is 303 g/mol. The summed E-state index contributed by atoms with van der Waals surface area (Å²) in [6.45, 7) is 0.151. The molecule has 0 aliphatic rings. The number of rotatable bonds is 6. The maximum Gasteiger partial charge on any atom is 0.269 e. The Labute approximate surface area is 132 Å². The van der Waals surface area contributed by atoms with Gasteiger partial charge in [-0.25, -0.2) is 4.39 Å². The molecule has 1 amide bonds. The summed E-state index contributed by atoms with van der Waals surface area (Å²) in [4.78, 5) is 23.5. The summed E-state index contributed by atoms with van der Waals surface area (Å²) in [7, 11) is 1.62. The van der Waals surface area contributed by atoms with Gasteiger partial charge in [-0.3, -0.25) is 14.9 Å². The lowest BCUT2D eigenvalue weighted by molar-refractivity contribution is -0.384. The average Bonchev–Trinajstić information content (AvgIpc) is 2.55. The molecule has 2 aromatic carbocycles. The lowest BCUT2D eigenvalue weighted by atomic mass is 10.2. The Morgan fingerprint density at radius 3 is 2.35 bits per heavy atom. The van der Waals surface area contributed by atoms with Crippen LogP contribution in [-0.2, 0) is 11.3 Å². The Balaban J connectivity index is 1.86. The number of ether oxygens (including phenoxy) is 1. The second-order valence-electron chi connectivity index (χ2n) is 4.92. The fourth-order valence-electron chi connectivity index (χ4n) is 1.87. The Hall–Kier alpha value is -2.96. The Morgan fingerprint density at radius 1 is 1.17 bits per heavy atom. The quantitative estimate of drug-likeness (QED) is 0.606. The highest BCUT2D eigenvalue weighted by Gasteiger charge is 2.11. The molecule has 2 rings (SSSR count). The smallest absolute Gasteiger partial charge is 0.269 e. The van der Waals surface area contributed by atoms with Gasteiger partial charge < -0.3 is 9.64 Å². The summed E-state index contributed by atoms with van der Waals surface area (Å²) in [5, 5.41) is 10.5. The topological polar surface area (TPSA) is 72.7 Å². The van der Waals surface area contributed by atoms with Crippen LogP contribution in [0.4, 0.5) is 10.1 Å². The van der Waals surface area contributed by atoms with Crippen LogP contribution in [0.25, 0.3) is 0 Å². The van der Waals surface area contributed by atoms with E-state index in [-0.39, 0.29) is 24.0 Å². The fourth-order valence-corrected chi connectivity index (χ4v) is 1.87. The Bertz CT molecular complexity index is 686. The van der Waals surface area contributed by atoms with Crippen molar-refractivity contribution in [2.24, 2.45) is 0 Å². The van der Waals surface area contributed by atoms with Gasteiger partial charge in [-0.15, -0.1) is 0 Å². The van der Waals surface area contributed by atoms with Crippen molar-refractivity contribution >= 4 is 11.6 Å². The summed E-state index contributed by atoms with van der Waals surface area (Å²) >= 11 is 0. The van der Waals surface area contributed by atoms with E-state index in [0.29, 0.717) is 12.3 Å². The lowest BCUT2D eigenvalue weighted by Gasteiger charge is -2.17. The number of carbonyl (C=O) groups is 1. The molecule has 0 unspecified atom stereocenters. The number of hydrogen-bond donors (Lipinski definition) is 0. The zero-order valence-electron chi connectivity index (χ0n) is 12.4. The summed E-state index contributed by atoms with van der Waals surface area (Å²) < 4.78 is 18.1. The minimum absolute atomic E-state index is 0.0443. The molecule has 23 heavy (non-hydrogen) atoms. The molecule has 0 aliphatic carbocycles. The second-order valence-corrected chi connectivity index (χ2v) is 4.92. The van der Waals surface area contributed by atoms with Crippen LogP contribution in [0.15, 0.2) is 48.5 Å². The average molecular weight is 318 g/mol. The van der Waals surface area contributed by atoms with Crippen molar-refractivity contribution in [2.75, 3.05) is 13.7 Å². The molecule has 0 aromatic heterocycles. The van der Waals surface area contributed by atoms with Crippen LogP contribution in [0, 0.1) is 15.9 Å². The van der Waals surface area contributed by atoms with Gasteiger partial charge in [-0.1, -0.05) is 12.1 Å². The van der Waals surface area contributed by atoms with E-state index in [0.717, 1.165) is 5.56 Å². The largest absolute Gasteiger partial charge is 0.484 e. The van der Waals surface area contributed by atoms with Crippen LogP contribution in [0.1, 0.15) is 5.56 Å². The molecule has 2 aromatic rings. The molecule has 0 radical (unpaired) electrons. The first kappa shape index (κ1) is 16.4. The van der Waals surface area contributed by atoms with Gasteiger partial charge in [0.15, 0.2) is 6.61 Å². The van der Waals surface area contributed by atoms with Crippen molar-refractivity contribution in [3.63, 3.8) is 0 Å². The number of amides is 1. The Kier molecular flexibility index (Phi) is 5.24. The highest BCUT2D eigenvalue weighted by Crippen LogP contribution is 2.17. The minimum atomic E-state index is -0.509. The third-order valence-corrected chi connectivity index (χ3v) is 3.17. The van der Waals surface area contributed by atoms with Crippen molar-refractivity contribution < 1.29 is 18.8 Å². The van der Waals surface area contributed by atoms with Gasteiger partial charge in [-0.05, 0) is 29.8 Å². The van der Waals surface area contributed by atoms with E-state index in [4.69, 9.17) is 4.74 Å². The van der Waals surface area contributed by atoms with Crippen molar-refractivity contribution in [1.29, 1.82) is 0 Å². The number of non-ortho nitro benzene ring substituents is 1. The van der Waals surface area contributed by atoms with Gasteiger partial charge in [0.1, 0.15) is 11.6 Å². The number of nitro groups is 1. The van der Waals surface area contributed by atoms with Gasteiger partial charge in [0, 0.05) is 25.7 Å². The fraction of sp³-hybridized carbons (Fsp3) is 0.188. The predicted molar refractivity (Wildman–Crippen MR) is 81.5 cm³/mol. The van der Waals surface area contributed by atoms with Crippen LogP contribution >= 0.6 is 0 Å². The highest BCUT2D eigenvalue weighted by atomic mass is 19.1. The molecule has 0 fully saturated rings. The summed E-state index contributed by atoms with van der Waals surface area (Å²) in [6.07, 6.45) is 0. The van der Waals surface area contributed by atoms with E-state index in [9.17, 15) is 19.3 Å². The molecule has 7 heteroatoms. The highest BCUT2D eigenvalue weighted by molar-refractivity contribution is 5.77. The summed E-state index contributed by atoms with van der Waals surface area (Å²) in [5.41, 5.74) is 0.759. The minimum Gasteiger partial charge on any atom is -0.484 e. The van der Waals surface area contributed by atoms with Crippen LogP contribution in [0.5, 0.6) is 5.75 Å². The molecule has 0 saturated heterocycles. The van der Waals surface area contributed by atoms with Gasteiger partial charge in [0.05, 0.1) is 4.92 Å². The van der Waals surface area contributed by atoms with Crippen LogP contribution in [-0.4, -0.2) is 29.4 Å². The van der Waals surface area contributed by atoms with Crippen molar-refractivity contribution in [1.82, 2.24) is 4.90 Å². The number of benzene rings is 2. The van der Waals surface area contributed by atoms with Crippen LogP contribution in [0.2, 0.25) is 0 Å². The molecule has 0 spiro atoms. The van der Waals surface area contributed by atoms with Gasteiger partial charge in [-0.2, -0.15) is 0 Å². The van der Waals surface area contributed by atoms with Crippen molar-refractivity contribution in [3.05, 3.63) is 70.0 Å². The molecule has 0 saturated carbocycles. The number of halogens is 1. The lowest BCUT2D eigenvalue weighted by Crippen LogP contribution is -2.30. The first-order valence-corrected chi connectivity index (χ1v) is 6.81. The molecule has 0 bridgehead atoms. The molecule has 0 atom stereocenters. The van der Waals surface area contributed by atoms with E-state index in [1.807, 2.05) is 0 Å². The third-order valence-electron chi connectivity index (χ3n) is 3.17. The standard InChI is InChI=1S/C16H15FN2O4/c1-18(10-12-2-4-13(17)5-3-12)16(20)11-23-15-8-6-14(7-9-15)19(21)22/h2-9H,10-11H2,1H3. The zero-order chi connectivity index (χ0) is 16.8. The SMILES string of the molecule is CN(Cc1ccc(F)cc1)C(=O)COc1ccc([N+](=O)[O-])cc1. The van der Waals surface area contributed by atoms with Gasteiger partial charge in [0.2, 0.25) is 0 Å². The summed E-state index contributed by atoms with van der Waals surface area (Å²) in [6, 6.07) is 11.4. The molecule has 6 nitrogen and oxygen atoms in total. The maximum absolute atomic E-state index is 12.8. The van der Waals surface area contributed by atoms with Crippen LogP contribution < -0.4 is 4.74 Å². The number of likely N-dealkylation sites (N-methyl/N-ethyl adjacent to an activating group) is 1. The van der Waals surface area contributed by atoms with Gasteiger partial charge in [0.25, 0.3) is 11.6 Å². The molecule has 0 heterocycles. The number of carbonyl (C=O) groups excluding carboxylic acids is 1. The van der Waals surface area contributed by atoms with Crippen molar-refractivity contribution in [2.45, 2.75) is 6.54 Å². The monoisotopic (exact) mass is 318 g/mol. The molecule has 0 aliphatic heterocycles. The second kappa shape index (κ2) is 7.35. The van der Waals surface area contributed by atoms with Crippen molar-refractivity contribution in [3.8, 4) is 5.75 Å². The zero-order valence-corrected chi connectivity index (χ0v) is 12.4. The van der Waals surface area contributed by atoms with E-state index < -0.39 is 4.92 Å². The molecule has 120 valence electrons. The first-order valence-electron chi connectivity index (χ1n) is 6.81. The number of nitro benzene ring substituents is 1. The Morgan fingerprint density at radius 2 is 1.78 bits per heavy atom. The number of nitrogens with zero attached hydrogens (tertiary/aromatic N) is 2.